The monoisotopic (exact) mass is 238 g/mol. The lowest BCUT2D eigenvalue weighted by Gasteiger charge is -2.10. The predicted molar refractivity (Wildman–Crippen MR) is 71.9 cm³/mol. The lowest BCUT2D eigenvalue weighted by Crippen LogP contribution is -2.06. The van der Waals surface area contributed by atoms with Gasteiger partial charge < -0.3 is 0 Å². The molecular weight excluding hydrogens is 224 g/mol. The minimum atomic E-state index is -0.0852. The lowest BCUT2D eigenvalue weighted by atomic mass is 9.92. The lowest BCUT2D eigenvalue weighted by molar-refractivity contribution is 0.0981. The van der Waals surface area contributed by atoms with E-state index in [0.717, 1.165) is 11.1 Å². The normalized spacial score (nSPS) is 10.1. The molecule has 0 spiro atoms. The van der Waals surface area contributed by atoms with Crippen molar-refractivity contribution < 1.29 is 9.59 Å². The molecule has 0 amide bonds. The number of hydrogen-bond donors (Lipinski definition) is 0. The Labute approximate surface area is 106 Å². The maximum absolute atomic E-state index is 11.8. The highest BCUT2D eigenvalue weighted by atomic mass is 16.1. The van der Waals surface area contributed by atoms with Crippen LogP contribution in [0.25, 0.3) is 11.1 Å². The first-order chi connectivity index (χ1) is 8.61. The number of Topliss-reactive ketones (excluding diaryl/α,β-unsaturated/α-hetero) is 2. The molecular formula is C16H14O2. The first kappa shape index (κ1) is 12.2. The van der Waals surface area contributed by atoms with Crippen LogP contribution in [0.3, 0.4) is 0 Å². The molecule has 0 radical (unpaired) electrons. The van der Waals surface area contributed by atoms with Gasteiger partial charge >= 0.3 is 0 Å². The van der Waals surface area contributed by atoms with Crippen molar-refractivity contribution in [3.63, 3.8) is 0 Å². The minimum Gasteiger partial charge on any atom is -0.294 e. The second-order valence-electron chi connectivity index (χ2n) is 4.21. The summed E-state index contributed by atoms with van der Waals surface area (Å²) in [5, 5.41) is 0. The standard InChI is InChI=1S/C16H14O2/c1-11(17)14-9-6-10-15(16(14)12(2)18)13-7-4-3-5-8-13/h3-10H,1-2H3. The zero-order chi connectivity index (χ0) is 13.1. The van der Waals surface area contributed by atoms with Gasteiger partial charge in [0.1, 0.15) is 0 Å². The second kappa shape index (κ2) is 4.96. The number of benzene rings is 2. The summed E-state index contributed by atoms with van der Waals surface area (Å²) in [6, 6.07) is 15.0. The molecule has 2 nitrogen and oxygen atoms in total. The smallest absolute Gasteiger partial charge is 0.161 e. The van der Waals surface area contributed by atoms with E-state index in [-0.39, 0.29) is 11.6 Å². The molecule has 2 aromatic rings. The molecule has 0 bridgehead atoms. The SMILES string of the molecule is CC(=O)c1cccc(-c2ccccc2)c1C(C)=O. The predicted octanol–water partition coefficient (Wildman–Crippen LogP) is 3.76. The number of hydrogen-bond acceptors (Lipinski definition) is 2. The average molecular weight is 238 g/mol. The van der Waals surface area contributed by atoms with Gasteiger partial charge in [0.2, 0.25) is 0 Å². The van der Waals surface area contributed by atoms with Crippen LogP contribution >= 0.6 is 0 Å². The number of carbonyl (C=O) groups is 2. The molecule has 90 valence electrons. The Morgan fingerprint density at radius 1 is 0.778 bits per heavy atom. The van der Waals surface area contributed by atoms with Gasteiger partial charge in [-0.1, -0.05) is 48.5 Å². The molecule has 18 heavy (non-hydrogen) atoms. The molecule has 0 aromatic heterocycles. The van der Waals surface area contributed by atoms with E-state index in [4.69, 9.17) is 0 Å². The van der Waals surface area contributed by atoms with E-state index in [9.17, 15) is 9.59 Å². The molecule has 0 saturated carbocycles. The molecule has 0 fully saturated rings. The topological polar surface area (TPSA) is 34.1 Å². The van der Waals surface area contributed by atoms with E-state index in [2.05, 4.69) is 0 Å². The summed E-state index contributed by atoms with van der Waals surface area (Å²) in [7, 11) is 0. The van der Waals surface area contributed by atoms with Gasteiger partial charge in [-0.2, -0.15) is 0 Å². The molecule has 0 aliphatic carbocycles. The largest absolute Gasteiger partial charge is 0.294 e. The van der Waals surface area contributed by atoms with Crippen LogP contribution in [0.5, 0.6) is 0 Å². The number of rotatable bonds is 3. The first-order valence-corrected chi connectivity index (χ1v) is 5.81. The highest BCUT2D eigenvalue weighted by Gasteiger charge is 2.16. The van der Waals surface area contributed by atoms with Gasteiger partial charge in [-0.25, -0.2) is 0 Å². The number of carbonyl (C=O) groups excluding carboxylic acids is 2. The molecule has 2 heteroatoms. The Balaban J connectivity index is 2.72. The molecule has 0 aliphatic rings. The van der Waals surface area contributed by atoms with Crippen LogP contribution in [0.2, 0.25) is 0 Å². The summed E-state index contributed by atoms with van der Waals surface area (Å²) in [4.78, 5) is 23.4. The van der Waals surface area contributed by atoms with Crippen LogP contribution in [-0.4, -0.2) is 11.6 Å². The third-order valence-corrected chi connectivity index (χ3v) is 2.88. The van der Waals surface area contributed by atoms with Crippen LogP contribution in [0.15, 0.2) is 48.5 Å². The van der Waals surface area contributed by atoms with Crippen LogP contribution < -0.4 is 0 Å². The summed E-state index contributed by atoms with van der Waals surface area (Å²) in [6.45, 7) is 2.98. The summed E-state index contributed by atoms with van der Waals surface area (Å²) < 4.78 is 0. The third kappa shape index (κ3) is 2.23. The van der Waals surface area contributed by atoms with Crippen molar-refractivity contribution in [2.75, 3.05) is 0 Å². The zero-order valence-corrected chi connectivity index (χ0v) is 10.4. The van der Waals surface area contributed by atoms with E-state index in [1.54, 1.807) is 6.07 Å². The van der Waals surface area contributed by atoms with Gasteiger partial charge in [0.05, 0.1) is 0 Å². The van der Waals surface area contributed by atoms with Crippen molar-refractivity contribution in [3.8, 4) is 11.1 Å². The summed E-state index contributed by atoms with van der Waals surface area (Å²) in [5.74, 6) is -0.169. The van der Waals surface area contributed by atoms with Crippen LogP contribution in [0, 0.1) is 0 Å². The fourth-order valence-electron chi connectivity index (χ4n) is 2.08. The first-order valence-electron chi connectivity index (χ1n) is 5.81. The van der Waals surface area contributed by atoms with Crippen molar-refractivity contribution in [1.29, 1.82) is 0 Å². The highest BCUT2D eigenvalue weighted by Crippen LogP contribution is 2.27. The maximum atomic E-state index is 11.8. The minimum absolute atomic E-state index is 0.0837. The van der Waals surface area contributed by atoms with Gasteiger partial charge in [-0.3, -0.25) is 9.59 Å². The quantitative estimate of drug-likeness (QED) is 0.763. The Morgan fingerprint density at radius 2 is 1.44 bits per heavy atom. The molecule has 0 atom stereocenters. The van der Waals surface area contributed by atoms with E-state index in [1.165, 1.54) is 13.8 Å². The molecule has 2 aromatic carbocycles. The zero-order valence-electron chi connectivity index (χ0n) is 10.4. The molecule has 0 unspecified atom stereocenters. The van der Waals surface area contributed by atoms with Gasteiger partial charge in [0, 0.05) is 11.1 Å². The van der Waals surface area contributed by atoms with E-state index >= 15 is 0 Å². The fourth-order valence-corrected chi connectivity index (χ4v) is 2.08. The molecule has 0 N–H and O–H groups in total. The third-order valence-electron chi connectivity index (χ3n) is 2.88. The Bertz CT molecular complexity index is 598. The highest BCUT2D eigenvalue weighted by molar-refractivity contribution is 6.11. The molecule has 0 aliphatic heterocycles. The van der Waals surface area contributed by atoms with Gasteiger partial charge in [0.15, 0.2) is 11.6 Å². The Kier molecular flexibility index (Phi) is 3.38. The van der Waals surface area contributed by atoms with Crippen molar-refractivity contribution in [2.24, 2.45) is 0 Å². The maximum Gasteiger partial charge on any atom is 0.161 e. The van der Waals surface area contributed by atoms with E-state index in [0.29, 0.717) is 11.1 Å². The van der Waals surface area contributed by atoms with Crippen LogP contribution in [-0.2, 0) is 0 Å². The van der Waals surface area contributed by atoms with Gasteiger partial charge in [-0.05, 0) is 25.0 Å². The fraction of sp³-hybridized carbons (Fsp3) is 0.125. The molecule has 0 heterocycles. The van der Waals surface area contributed by atoms with Crippen LogP contribution in [0.4, 0.5) is 0 Å². The van der Waals surface area contributed by atoms with Crippen LogP contribution in [0.1, 0.15) is 34.6 Å². The molecule has 2 rings (SSSR count). The Hall–Kier alpha value is -2.22. The second-order valence-corrected chi connectivity index (χ2v) is 4.21. The summed E-state index contributed by atoms with van der Waals surface area (Å²) >= 11 is 0. The van der Waals surface area contributed by atoms with Gasteiger partial charge in [-0.15, -0.1) is 0 Å². The van der Waals surface area contributed by atoms with E-state index < -0.39 is 0 Å². The average Bonchev–Trinajstić information content (AvgIpc) is 2.38. The van der Waals surface area contributed by atoms with Crippen molar-refractivity contribution in [2.45, 2.75) is 13.8 Å². The van der Waals surface area contributed by atoms with Gasteiger partial charge in [0.25, 0.3) is 0 Å². The van der Waals surface area contributed by atoms with Crippen molar-refractivity contribution in [3.05, 3.63) is 59.7 Å². The Morgan fingerprint density at radius 3 is 2.00 bits per heavy atom. The van der Waals surface area contributed by atoms with Crippen molar-refractivity contribution >= 4 is 11.6 Å². The van der Waals surface area contributed by atoms with E-state index in [1.807, 2.05) is 42.5 Å². The summed E-state index contributed by atoms with van der Waals surface area (Å²) in [6.07, 6.45) is 0. The molecule has 0 saturated heterocycles. The summed E-state index contributed by atoms with van der Waals surface area (Å²) in [5.41, 5.74) is 2.77. The van der Waals surface area contributed by atoms with Crippen molar-refractivity contribution in [1.82, 2.24) is 0 Å². The number of ketones is 2.